The Morgan fingerprint density at radius 3 is 2.26 bits per heavy atom. The molecule has 5 N–H and O–H groups in total. The van der Waals surface area contributed by atoms with Crippen molar-refractivity contribution in [2.75, 3.05) is 18.4 Å². The van der Waals surface area contributed by atoms with Gasteiger partial charge in [-0.05, 0) is 43.4 Å². The average Bonchev–Trinajstić information content (AvgIpc) is 2.94. The lowest BCUT2D eigenvalue weighted by atomic mass is 9.80. The van der Waals surface area contributed by atoms with E-state index in [2.05, 4.69) is 51.9 Å². The number of H-pyrrole nitrogens is 1. The third kappa shape index (κ3) is 7.03. The minimum absolute atomic E-state index is 0.0581. The van der Waals surface area contributed by atoms with Gasteiger partial charge in [0.2, 0.25) is 0 Å². The molecule has 0 aliphatic carbocycles. The number of aromatic nitrogens is 2. The van der Waals surface area contributed by atoms with Crippen LogP contribution < -0.4 is 21.6 Å². The van der Waals surface area contributed by atoms with Gasteiger partial charge >= 0.3 is 17.7 Å². The van der Waals surface area contributed by atoms with Crippen molar-refractivity contribution in [1.82, 2.24) is 25.5 Å². The highest BCUT2D eigenvalue weighted by molar-refractivity contribution is 6.06. The lowest BCUT2D eigenvalue weighted by Crippen LogP contribution is -2.57. The number of carbonyl (C=O) groups is 3. The number of aliphatic carboxylic acids is 1. The van der Waals surface area contributed by atoms with Crippen LogP contribution in [0, 0.1) is 13.8 Å². The molecule has 4 rings (SSSR count). The van der Waals surface area contributed by atoms with Crippen LogP contribution in [0.3, 0.4) is 0 Å². The topological polar surface area (TPSA) is 157 Å². The maximum Gasteiger partial charge on any atom is 0.346 e. The lowest BCUT2D eigenvalue weighted by molar-refractivity contribution is -0.139. The second-order valence-corrected chi connectivity index (χ2v) is 11.1. The largest absolute Gasteiger partial charge is 0.480 e. The molecule has 1 aliphatic rings. The van der Waals surface area contributed by atoms with Crippen LogP contribution in [0.5, 0.6) is 0 Å². The first-order chi connectivity index (χ1) is 20.0. The first kappa shape index (κ1) is 30.4. The summed E-state index contributed by atoms with van der Waals surface area (Å²) in [7, 11) is 0. The second-order valence-electron chi connectivity index (χ2n) is 11.1. The van der Waals surface area contributed by atoms with Crippen LogP contribution >= 0.6 is 0 Å². The third-order valence-corrected chi connectivity index (χ3v) is 7.64. The maximum atomic E-state index is 13.2. The number of likely N-dealkylation sites (tertiary alicyclic amines) is 1. The van der Waals surface area contributed by atoms with Crippen molar-refractivity contribution in [2.24, 2.45) is 0 Å². The number of anilines is 1. The summed E-state index contributed by atoms with van der Waals surface area (Å²) in [6, 6.07) is 14.0. The van der Waals surface area contributed by atoms with Crippen LogP contribution in [0.2, 0.25) is 0 Å². The zero-order chi connectivity index (χ0) is 30.4. The number of carboxylic acid groups (broad SMARTS) is 1. The van der Waals surface area contributed by atoms with Gasteiger partial charge in [-0.2, -0.15) is 4.98 Å². The van der Waals surface area contributed by atoms with Gasteiger partial charge in [-0.1, -0.05) is 62.4 Å². The smallest absolute Gasteiger partial charge is 0.346 e. The molecule has 11 nitrogen and oxygen atoms in total. The number of rotatable bonds is 9. The Balaban J connectivity index is 1.47. The van der Waals surface area contributed by atoms with Crippen LogP contribution in [0.1, 0.15) is 59.3 Å². The lowest BCUT2D eigenvalue weighted by Gasteiger charge is -2.44. The molecule has 42 heavy (non-hydrogen) atoms. The average molecular weight is 575 g/mol. The van der Waals surface area contributed by atoms with E-state index in [1.165, 1.54) is 6.20 Å². The van der Waals surface area contributed by atoms with E-state index < -0.39 is 29.6 Å². The Morgan fingerprint density at radius 1 is 1.02 bits per heavy atom. The van der Waals surface area contributed by atoms with E-state index in [1.807, 2.05) is 24.3 Å². The Kier molecular flexibility index (Phi) is 9.41. The number of urea groups is 1. The van der Waals surface area contributed by atoms with Crippen LogP contribution in [0.25, 0.3) is 0 Å². The van der Waals surface area contributed by atoms with E-state index in [9.17, 15) is 24.3 Å². The number of hydrogen-bond donors (Lipinski definition) is 5. The fourth-order valence-electron chi connectivity index (χ4n) is 5.61. The van der Waals surface area contributed by atoms with Crippen LogP contribution in [0.4, 0.5) is 10.6 Å². The molecular weight excluding hydrogens is 536 g/mol. The number of hydrogen-bond acceptors (Lipinski definition) is 6. The van der Waals surface area contributed by atoms with Gasteiger partial charge in [-0.15, -0.1) is 0 Å². The number of aryl methyl sites for hydroxylation is 2. The highest BCUT2D eigenvalue weighted by atomic mass is 16.4. The third-order valence-electron chi connectivity index (χ3n) is 7.64. The summed E-state index contributed by atoms with van der Waals surface area (Å²) >= 11 is 0. The van der Waals surface area contributed by atoms with Crippen LogP contribution in [-0.4, -0.2) is 63.1 Å². The van der Waals surface area contributed by atoms with Gasteiger partial charge in [0.25, 0.3) is 5.91 Å². The van der Waals surface area contributed by atoms with Gasteiger partial charge in [0, 0.05) is 48.4 Å². The van der Waals surface area contributed by atoms with Crippen molar-refractivity contribution < 1.29 is 19.5 Å². The summed E-state index contributed by atoms with van der Waals surface area (Å²) in [5.74, 6) is -1.78. The quantitative estimate of drug-likeness (QED) is 0.262. The van der Waals surface area contributed by atoms with Gasteiger partial charge in [-0.3, -0.25) is 4.79 Å². The molecule has 222 valence electrons. The molecule has 0 bridgehead atoms. The van der Waals surface area contributed by atoms with Gasteiger partial charge in [-0.25, -0.2) is 14.4 Å². The van der Waals surface area contributed by atoms with Gasteiger partial charge in [0.15, 0.2) is 0 Å². The summed E-state index contributed by atoms with van der Waals surface area (Å²) in [6.45, 7) is 8.65. The number of benzene rings is 2. The molecule has 1 fully saturated rings. The fraction of sp³-hybridized carbons (Fsp3) is 0.387. The Labute approximate surface area is 244 Å². The molecule has 1 aromatic heterocycles. The number of aromatic amines is 1. The van der Waals surface area contributed by atoms with E-state index in [4.69, 9.17) is 0 Å². The number of nitrogens with zero attached hydrogens (tertiary/aromatic N) is 2. The molecule has 2 heterocycles. The zero-order valence-electron chi connectivity index (χ0n) is 24.4. The first-order valence-corrected chi connectivity index (χ1v) is 14.1. The monoisotopic (exact) mass is 574 g/mol. The second kappa shape index (κ2) is 13.0. The molecule has 0 saturated carbocycles. The SMILES string of the molecule is Cc1cccc(C)c1C(=O)Nc1nc(=O)[nH]cc1CC(NC(=O)N1CCC(NC(C)C)(c2ccccc2)CC1)C(=O)O. The molecule has 11 heteroatoms. The predicted octanol–water partition coefficient (Wildman–Crippen LogP) is 3.33. The summed E-state index contributed by atoms with van der Waals surface area (Å²) in [4.78, 5) is 58.5. The highest BCUT2D eigenvalue weighted by Gasteiger charge is 2.38. The zero-order valence-corrected chi connectivity index (χ0v) is 24.4. The minimum Gasteiger partial charge on any atom is -0.480 e. The Morgan fingerprint density at radius 2 is 1.67 bits per heavy atom. The van der Waals surface area contributed by atoms with E-state index >= 15 is 0 Å². The van der Waals surface area contributed by atoms with Gasteiger partial charge in [0.05, 0.1) is 0 Å². The summed E-state index contributed by atoms with van der Waals surface area (Å²) in [5.41, 5.74) is 2.37. The normalized spacial score (nSPS) is 15.2. The van der Waals surface area contributed by atoms with E-state index in [1.54, 1.807) is 30.9 Å². The van der Waals surface area contributed by atoms with Crippen molar-refractivity contribution >= 4 is 23.7 Å². The van der Waals surface area contributed by atoms with Crippen molar-refractivity contribution in [3.63, 3.8) is 0 Å². The summed E-state index contributed by atoms with van der Waals surface area (Å²) < 4.78 is 0. The number of piperidine rings is 1. The molecule has 1 aliphatic heterocycles. The molecule has 0 spiro atoms. The fourth-order valence-corrected chi connectivity index (χ4v) is 5.61. The van der Waals surface area contributed by atoms with E-state index in [0.29, 0.717) is 31.5 Å². The van der Waals surface area contributed by atoms with Crippen LogP contribution in [0.15, 0.2) is 59.5 Å². The van der Waals surface area contributed by atoms with Crippen LogP contribution in [-0.2, 0) is 16.8 Å². The summed E-state index contributed by atoms with van der Waals surface area (Å²) in [6.07, 6.45) is 2.44. The Hall–Kier alpha value is -4.51. The van der Waals surface area contributed by atoms with Gasteiger partial charge < -0.3 is 30.9 Å². The molecule has 2 aromatic carbocycles. The van der Waals surface area contributed by atoms with Gasteiger partial charge in [0.1, 0.15) is 11.9 Å². The number of amides is 3. The number of carbonyl (C=O) groups excluding carboxylic acids is 2. The first-order valence-electron chi connectivity index (χ1n) is 14.1. The molecule has 3 aromatic rings. The highest BCUT2D eigenvalue weighted by Crippen LogP contribution is 2.33. The van der Waals surface area contributed by atoms with Crippen molar-refractivity contribution in [2.45, 2.75) is 64.6 Å². The standard InChI is InChI=1S/C31H38N6O5/c1-19(2)36-31(23-11-6-5-7-12-23)13-15-37(16-14-31)30(42)33-24(28(39)40)17-22-18-32-29(41)35-26(22)34-27(38)25-20(3)9-8-10-21(25)4/h5-12,18-19,24,36H,13-17H2,1-4H3,(H,33,42)(H,39,40)(H2,32,34,35,38,41). The summed E-state index contributed by atoms with van der Waals surface area (Å²) in [5, 5.41) is 18.9. The molecule has 0 radical (unpaired) electrons. The number of nitrogens with one attached hydrogen (secondary N) is 4. The molecule has 1 saturated heterocycles. The molecule has 1 atom stereocenters. The van der Waals surface area contributed by atoms with Crippen molar-refractivity contribution in [3.05, 3.63) is 93.0 Å². The van der Waals surface area contributed by atoms with E-state index in [0.717, 1.165) is 16.7 Å². The predicted molar refractivity (Wildman–Crippen MR) is 160 cm³/mol. The maximum absolute atomic E-state index is 13.2. The molecule has 3 amide bonds. The number of carboxylic acids is 1. The molecular formula is C31H38N6O5. The van der Waals surface area contributed by atoms with E-state index in [-0.39, 0.29) is 29.4 Å². The minimum atomic E-state index is -1.32. The van der Waals surface area contributed by atoms with Crippen molar-refractivity contribution in [1.29, 1.82) is 0 Å². The Bertz CT molecular complexity index is 1470. The molecule has 1 unspecified atom stereocenters. The van der Waals surface area contributed by atoms with Crippen molar-refractivity contribution in [3.8, 4) is 0 Å².